The number of amides is 1. The van der Waals surface area contributed by atoms with E-state index in [1.807, 2.05) is 19.1 Å². The molecular weight excluding hydrogens is 278 g/mol. The minimum atomic E-state index is -0.293. The lowest BCUT2D eigenvalue weighted by Gasteiger charge is -2.50. The molecule has 1 heterocycles. The van der Waals surface area contributed by atoms with Crippen molar-refractivity contribution in [2.45, 2.75) is 58.0 Å². The Labute approximate surface area is 132 Å². The Morgan fingerprint density at radius 3 is 2.77 bits per heavy atom. The molecule has 0 spiro atoms. The van der Waals surface area contributed by atoms with Crippen molar-refractivity contribution in [3.8, 4) is 5.75 Å². The molecule has 122 valence electrons. The molecule has 1 aromatic rings. The second-order valence-electron chi connectivity index (χ2n) is 6.64. The third-order valence-corrected chi connectivity index (χ3v) is 4.63. The van der Waals surface area contributed by atoms with Crippen molar-refractivity contribution >= 4 is 11.6 Å². The van der Waals surface area contributed by atoms with E-state index >= 15 is 0 Å². The van der Waals surface area contributed by atoms with E-state index in [9.17, 15) is 4.79 Å². The van der Waals surface area contributed by atoms with E-state index in [0.29, 0.717) is 12.3 Å². The molecule has 2 atom stereocenters. The van der Waals surface area contributed by atoms with Crippen LogP contribution in [0.3, 0.4) is 0 Å². The quantitative estimate of drug-likeness (QED) is 0.510. The first-order chi connectivity index (χ1) is 10.4. The maximum absolute atomic E-state index is 12.3. The molecule has 3 N–H and O–H groups in total. The fraction of sp³-hybridized carbons (Fsp3) is 0.588. The van der Waals surface area contributed by atoms with Gasteiger partial charge in [-0.2, -0.15) is 0 Å². The van der Waals surface area contributed by atoms with Gasteiger partial charge in [-0.15, -0.1) is 0 Å². The molecule has 0 fully saturated rings. The normalized spacial score (nSPS) is 21.0. The van der Waals surface area contributed by atoms with Crippen LogP contribution in [0.1, 0.15) is 52.0 Å². The van der Waals surface area contributed by atoms with E-state index in [1.54, 1.807) is 7.11 Å². The van der Waals surface area contributed by atoms with Crippen LogP contribution in [0.15, 0.2) is 18.2 Å². The van der Waals surface area contributed by atoms with Crippen molar-refractivity contribution in [2.75, 3.05) is 12.0 Å². The van der Waals surface area contributed by atoms with E-state index < -0.39 is 0 Å². The molecule has 0 radical (unpaired) electrons. The van der Waals surface area contributed by atoms with Crippen LogP contribution in [-0.4, -0.2) is 24.6 Å². The molecule has 1 amide bonds. The van der Waals surface area contributed by atoms with Gasteiger partial charge in [0.25, 0.3) is 5.91 Å². The zero-order valence-corrected chi connectivity index (χ0v) is 14.1. The zero-order valence-electron chi connectivity index (χ0n) is 14.1. The van der Waals surface area contributed by atoms with E-state index in [0.717, 1.165) is 17.9 Å². The van der Waals surface area contributed by atoms with Crippen molar-refractivity contribution in [3.63, 3.8) is 0 Å². The molecule has 1 aromatic carbocycles. The van der Waals surface area contributed by atoms with Gasteiger partial charge in [-0.1, -0.05) is 19.9 Å². The van der Waals surface area contributed by atoms with Crippen LogP contribution in [0, 0.1) is 0 Å². The number of nitrogens with zero attached hydrogens (tertiary/aromatic N) is 1. The van der Waals surface area contributed by atoms with Gasteiger partial charge in [-0.05, 0) is 44.2 Å². The fourth-order valence-electron chi connectivity index (χ4n) is 3.73. The largest absolute Gasteiger partial charge is 0.497 e. The topological polar surface area (TPSA) is 67.6 Å². The van der Waals surface area contributed by atoms with Crippen LogP contribution in [0.25, 0.3) is 0 Å². The van der Waals surface area contributed by atoms with Crippen molar-refractivity contribution in [2.24, 2.45) is 5.84 Å². The van der Waals surface area contributed by atoms with Crippen molar-refractivity contribution in [1.82, 2.24) is 5.43 Å². The first kappa shape index (κ1) is 16.6. The third kappa shape index (κ3) is 2.77. The minimum Gasteiger partial charge on any atom is -0.497 e. The molecule has 0 aromatic heterocycles. The lowest BCUT2D eigenvalue weighted by molar-refractivity contribution is -0.122. The van der Waals surface area contributed by atoms with Gasteiger partial charge in [0.1, 0.15) is 11.8 Å². The second kappa shape index (κ2) is 6.16. The van der Waals surface area contributed by atoms with Gasteiger partial charge in [0, 0.05) is 17.3 Å². The van der Waals surface area contributed by atoms with E-state index in [1.165, 1.54) is 5.56 Å². The zero-order chi connectivity index (χ0) is 16.5. The third-order valence-electron chi connectivity index (χ3n) is 4.63. The number of rotatable bonds is 4. The molecule has 2 rings (SSSR count). The highest BCUT2D eigenvalue weighted by Crippen LogP contribution is 2.46. The number of hydrogen-bond acceptors (Lipinski definition) is 4. The van der Waals surface area contributed by atoms with Crippen molar-refractivity contribution in [3.05, 3.63) is 23.8 Å². The van der Waals surface area contributed by atoms with Crippen LogP contribution in [-0.2, 0) is 4.79 Å². The number of anilines is 1. The Kier molecular flexibility index (Phi) is 4.66. The number of fused-ring (bicyclic) bond motifs is 1. The summed E-state index contributed by atoms with van der Waals surface area (Å²) < 4.78 is 5.38. The number of ether oxygens (including phenoxy) is 1. The molecule has 0 unspecified atom stereocenters. The van der Waals surface area contributed by atoms with Gasteiger partial charge in [0.05, 0.1) is 7.11 Å². The lowest BCUT2D eigenvalue weighted by atomic mass is 9.78. The predicted molar refractivity (Wildman–Crippen MR) is 89.0 cm³/mol. The number of carbonyl (C=O) groups is 1. The average molecular weight is 305 g/mol. The lowest BCUT2D eigenvalue weighted by Crippen LogP contribution is -2.59. The summed E-state index contributed by atoms with van der Waals surface area (Å²) in [5.74, 6) is 6.48. The van der Waals surface area contributed by atoms with Gasteiger partial charge < -0.3 is 9.64 Å². The van der Waals surface area contributed by atoms with Crippen LogP contribution < -0.4 is 20.9 Å². The van der Waals surface area contributed by atoms with Crippen molar-refractivity contribution < 1.29 is 9.53 Å². The van der Waals surface area contributed by atoms with Gasteiger partial charge in [0.2, 0.25) is 0 Å². The molecule has 22 heavy (non-hydrogen) atoms. The summed E-state index contributed by atoms with van der Waals surface area (Å²) in [5.41, 5.74) is 4.50. The summed E-state index contributed by atoms with van der Waals surface area (Å²) in [5, 5.41) is 0. The summed E-state index contributed by atoms with van der Waals surface area (Å²) in [6, 6.07) is 5.82. The molecule has 5 heteroatoms. The Morgan fingerprint density at radius 2 is 2.23 bits per heavy atom. The number of hydrazine groups is 1. The smallest absolute Gasteiger partial charge is 0.256 e. The van der Waals surface area contributed by atoms with Gasteiger partial charge >= 0.3 is 0 Å². The highest BCUT2D eigenvalue weighted by Gasteiger charge is 2.41. The maximum Gasteiger partial charge on any atom is 0.256 e. The van der Waals surface area contributed by atoms with Crippen LogP contribution in [0.2, 0.25) is 0 Å². The Balaban J connectivity index is 2.59. The summed E-state index contributed by atoms with van der Waals surface area (Å²) in [6.07, 6.45) is 1.68. The minimum absolute atomic E-state index is 0.133. The first-order valence-electron chi connectivity index (χ1n) is 7.83. The standard InChI is InChI=1S/C17H27N3O2/c1-6-14(16(21)19-18)20-15-9-12(22-5)7-8-13(15)11(2)10-17(20,3)4/h7-9,11,14H,6,10,18H2,1-5H3,(H,19,21)/t11-,14-/m1/s1. The Morgan fingerprint density at radius 1 is 1.55 bits per heavy atom. The van der Waals surface area contributed by atoms with E-state index in [4.69, 9.17) is 10.6 Å². The van der Waals surface area contributed by atoms with Gasteiger partial charge in [-0.25, -0.2) is 5.84 Å². The maximum atomic E-state index is 12.3. The highest BCUT2D eigenvalue weighted by molar-refractivity contribution is 5.86. The number of hydrogen-bond donors (Lipinski definition) is 2. The number of carbonyl (C=O) groups excluding carboxylic acids is 1. The number of methoxy groups -OCH3 is 1. The SMILES string of the molecule is CC[C@H](C(=O)NN)N1c2cc(OC)ccc2[C@H](C)CC1(C)C. The second-order valence-corrected chi connectivity index (χ2v) is 6.64. The molecule has 0 saturated heterocycles. The Bertz CT molecular complexity index is 557. The number of nitrogens with two attached hydrogens (primary N) is 1. The molecular formula is C17H27N3O2. The Hall–Kier alpha value is -1.75. The number of benzene rings is 1. The van der Waals surface area contributed by atoms with E-state index in [-0.39, 0.29) is 17.5 Å². The summed E-state index contributed by atoms with van der Waals surface area (Å²) in [7, 11) is 1.66. The summed E-state index contributed by atoms with van der Waals surface area (Å²) in [6.45, 7) is 8.60. The molecule has 1 aliphatic rings. The van der Waals surface area contributed by atoms with Gasteiger partial charge in [-0.3, -0.25) is 10.2 Å². The molecule has 0 aliphatic carbocycles. The molecule has 0 bridgehead atoms. The summed E-state index contributed by atoms with van der Waals surface area (Å²) >= 11 is 0. The average Bonchev–Trinajstić information content (AvgIpc) is 2.49. The van der Waals surface area contributed by atoms with Crippen LogP contribution in [0.5, 0.6) is 5.75 Å². The highest BCUT2D eigenvalue weighted by atomic mass is 16.5. The monoisotopic (exact) mass is 305 g/mol. The summed E-state index contributed by atoms with van der Waals surface area (Å²) in [4.78, 5) is 14.5. The molecule has 1 aliphatic heterocycles. The molecule has 5 nitrogen and oxygen atoms in total. The predicted octanol–water partition coefficient (Wildman–Crippen LogP) is 2.56. The number of nitrogens with one attached hydrogen (secondary N) is 1. The first-order valence-corrected chi connectivity index (χ1v) is 7.83. The van der Waals surface area contributed by atoms with Crippen molar-refractivity contribution in [1.29, 1.82) is 0 Å². The van der Waals surface area contributed by atoms with Crippen LogP contribution in [0.4, 0.5) is 5.69 Å². The molecule has 0 saturated carbocycles. The fourth-order valence-corrected chi connectivity index (χ4v) is 3.73. The van der Waals surface area contributed by atoms with Crippen LogP contribution >= 0.6 is 0 Å². The van der Waals surface area contributed by atoms with E-state index in [2.05, 4.69) is 37.2 Å². The van der Waals surface area contributed by atoms with Gasteiger partial charge in [0.15, 0.2) is 0 Å².